The van der Waals surface area contributed by atoms with Crippen molar-refractivity contribution in [2.75, 3.05) is 0 Å². The Kier molecular flexibility index (Phi) is 4.25. The minimum absolute atomic E-state index is 0.373. The molecule has 5 heteroatoms. The lowest BCUT2D eigenvalue weighted by atomic mass is 10.2. The van der Waals surface area contributed by atoms with Crippen molar-refractivity contribution >= 4 is 23.2 Å². The first kappa shape index (κ1) is 13.4. The Bertz CT molecular complexity index is 549. The molecule has 0 saturated heterocycles. The molecular formula is C13H15Cl2N3. The van der Waals surface area contributed by atoms with E-state index >= 15 is 0 Å². The van der Waals surface area contributed by atoms with E-state index in [0.29, 0.717) is 10.9 Å². The number of aryl methyl sites for hydroxylation is 2. The van der Waals surface area contributed by atoms with E-state index in [0.717, 1.165) is 35.6 Å². The molecule has 0 fully saturated rings. The molecule has 2 rings (SSSR count). The quantitative estimate of drug-likeness (QED) is 0.800. The van der Waals surface area contributed by atoms with Crippen LogP contribution in [-0.4, -0.2) is 14.8 Å². The second kappa shape index (κ2) is 5.72. The van der Waals surface area contributed by atoms with E-state index in [1.807, 2.05) is 10.7 Å². The fourth-order valence-electron chi connectivity index (χ4n) is 1.78. The monoisotopic (exact) mass is 283 g/mol. The van der Waals surface area contributed by atoms with Crippen LogP contribution in [0.5, 0.6) is 0 Å². The Balaban J connectivity index is 2.50. The Morgan fingerprint density at radius 2 is 2.00 bits per heavy atom. The van der Waals surface area contributed by atoms with Gasteiger partial charge in [-0.25, -0.2) is 9.67 Å². The molecule has 0 aliphatic rings. The number of rotatable bonds is 4. The highest BCUT2D eigenvalue weighted by molar-refractivity contribution is 6.32. The number of hydrogen-bond acceptors (Lipinski definition) is 2. The third kappa shape index (κ3) is 2.52. The average Bonchev–Trinajstić information content (AvgIpc) is 2.82. The summed E-state index contributed by atoms with van der Waals surface area (Å²) in [6.07, 6.45) is 3.45. The lowest BCUT2D eigenvalue weighted by molar-refractivity contribution is 0.771. The highest BCUT2D eigenvalue weighted by atomic mass is 35.5. The smallest absolute Gasteiger partial charge is 0.153 e. The predicted octanol–water partition coefficient (Wildman–Crippen LogP) is 3.78. The molecule has 2 aromatic heterocycles. The van der Waals surface area contributed by atoms with Crippen LogP contribution in [0.2, 0.25) is 5.02 Å². The number of aromatic nitrogens is 3. The third-order valence-corrected chi connectivity index (χ3v) is 3.47. The van der Waals surface area contributed by atoms with E-state index in [1.54, 1.807) is 6.20 Å². The van der Waals surface area contributed by atoms with Crippen molar-refractivity contribution in [2.24, 2.45) is 0 Å². The summed E-state index contributed by atoms with van der Waals surface area (Å²) in [5, 5.41) is 5.14. The van der Waals surface area contributed by atoms with Crippen LogP contribution in [0.1, 0.15) is 30.8 Å². The average molecular weight is 284 g/mol. The molecule has 18 heavy (non-hydrogen) atoms. The van der Waals surface area contributed by atoms with E-state index in [-0.39, 0.29) is 0 Å². The molecule has 3 nitrogen and oxygen atoms in total. The number of halogens is 2. The fraction of sp³-hybridized carbons (Fsp3) is 0.385. The number of pyridine rings is 1. The van der Waals surface area contributed by atoms with Crippen LogP contribution in [-0.2, 0) is 18.7 Å². The molecule has 2 aromatic rings. The lowest BCUT2D eigenvalue weighted by Gasteiger charge is -2.07. The van der Waals surface area contributed by atoms with Gasteiger partial charge < -0.3 is 0 Å². The van der Waals surface area contributed by atoms with Gasteiger partial charge in [-0.15, -0.1) is 11.6 Å². The molecule has 0 aliphatic carbocycles. The summed E-state index contributed by atoms with van der Waals surface area (Å²) < 4.78 is 1.87. The van der Waals surface area contributed by atoms with Crippen molar-refractivity contribution in [2.45, 2.75) is 32.6 Å². The molecule has 0 radical (unpaired) electrons. The normalized spacial score (nSPS) is 10.9. The maximum atomic E-state index is 6.01. The first-order chi connectivity index (χ1) is 8.69. The van der Waals surface area contributed by atoms with Crippen LogP contribution in [0.15, 0.2) is 18.3 Å². The minimum atomic E-state index is 0.373. The second-order valence-electron chi connectivity index (χ2n) is 4.01. The molecule has 96 valence electrons. The third-order valence-electron chi connectivity index (χ3n) is 2.84. The van der Waals surface area contributed by atoms with Crippen LogP contribution in [0.4, 0.5) is 0 Å². The predicted molar refractivity (Wildman–Crippen MR) is 74.7 cm³/mol. The van der Waals surface area contributed by atoms with Gasteiger partial charge in [0.25, 0.3) is 0 Å². The van der Waals surface area contributed by atoms with Gasteiger partial charge in [0.05, 0.1) is 10.7 Å². The van der Waals surface area contributed by atoms with E-state index in [9.17, 15) is 0 Å². The zero-order chi connectivity index (χ0) is 13.1. The molecular weight excluding hydrogens is 269 g/mol. The van der Waals surface area contributed by atoms with Crippen LogP contribution >= 0.6 is 23.2 Å². The summed E-state index contributed by atoms with van der Waals surface area (Å²) in [5.74, 6) is 1.14. The number of nitrogens with zero attached hydrogens (tertiary/aromatic N) is 3. The summed E-state index contributed by atoms with van der Waals surface area (Å²) >= 11 is 11.9. The van der Waals surface area contributed by atoms with Crippen LogP contribution < -0.4 is 0 Å². The zero-order valence-corrected chi connectivity index (χ0v) is 12.0. The molecule has 0 amide bonds. The fourth-order valence-corrected chi connectivity index (χ4v) is 2.24. The van der Waals surface area contributed by atoms with Gasteiger partial charge in [-0.1, -0.05) is 25.4 Å². The van der Waals surface area contributed by atoms with Gasteiger partial charge in [0, 0.05) is 17.8 Å². The van der Waals surface area contributed by atoms with Gasteiger partial charge in [0.1, 0.15) is 0 Å². The second-order valence-corrected chi connectivity index (χ2v) is 4.69. The van der Waals surface area contributed by atoms with Crippen molar-refractivity contribution in [1.29, 1.82) is 0 Å². The highest BCUT2D eigenvalue weighted by Crippen LogP contribution is 2.20. The summed E-state index contributed by atoms with van der Waals surface area (Å²) in [4.78, 5) is 4.32. The number of alkyl halides is 1. The van der Waals surface area contributed by atoms with Gasteiger partial charge in [-0.2, -0.15) is 5.10 Å². The molecule has 0 aliphatic heterocycles. The van der Waals surface area contributed by atoms with Gasteiger partial charge in [-0.3, -0.25) is 0 Å². The standard InChI is InChI=1S/C13H15Cl2N3/c1-3-10-6-11(4-2)18(17-10)13-5-9(7-14)12(15)8-16-13/h5-6,8H,3-4,7H2,1-2H3. The Morgan fingerprint density at radius 1 is 1.22 bits per heavy atom. The SMILES string of the molecule is CCc1cc(CC)n(-c2cc(CCl)c(Cl)cn2)n1. The highest BCUT2D eigenvalue weighted by Gasteiger charge is 2.10. The number of hydrogen-bond donors (Lipinski definition) is 0. The van der Waals surface area contributed by atoms with Crippen molar-refractivity contribution in [1.82, 2.24) is 14.8 Å². The van der Waals surface area contributed by atoms with Gasteiger partial charge in [0.15, 0.2) is 5.82 Å². The molecule has 0 N–H and O–H groups in total. The lowest BCUT2D eigenvalue weighted by Crippen LogP contribution is -2.04. The van der Waals surface area contributed by atoms with E-state index in [4.69, 9.17) is 23.2 Å². The summed E-state index contributed by atoms with van der Waals surface area (Å²) in [6, 6.07) is 4.00. The van der Waals surface area contributed by atoms with E-state index in [2.05, 4.69) is 30.0 Å². The maximum Gasteiger partial charge on any atom is 0.153 e. The summed E-state index contributed by atoms with van der Waals surface area (Å²) in [6.45, 7) is 4.19. The van der Waals surface area contributed by atoms with E-state index in [1.165, 1.54) is 0 Å². The van der Waals surface area contributed by atoms with Gasteiger partial charge in [-0.05, 0) is 30.5 Å². The molecule has 0 spiro atoms. The molecule has 0 saturated carbocycles. The van der Waals surface area contributed by atoms with Crippen molar-refractivity contribution in [3.05, 3.63) is 40.3 Å². The van der Waals surface area contributed by atoms with Crippen molar-refractivity contribution < 1.29 is 0 Å². The largest absolute Gasteiger partial charge is 0.236 e. The van der Waals surface area contributed by atoms with Gasteiger partial charge >= 0.3 is 0 Å². The molecule has 2 heterocycles. The first-order valence-corrected chi connectivity index (χ1v) is 6.89. The Labute approximate surface area is 117 Å². The summed E-state index contributed by atoms with van der Waals surface area (Å²) in [7, 11) is 0. The van der Waals surface area contributed by atoms with Crippen LogP contribution in [0.25, 0.3) is 5.82 Å². The zero-order valence-electron chi connectivity index (χ0n) is 10.5. The van der Waals surface area contributed by atoms with Gasteiger partial charge in [0.2, 0.25) is 0 Å². The van der Waals surface area contributed by atoms with Crippen molar-refractivity contribution in [3.63, 3.8) is 0 Å². The van der Waals surface area contributed by atoms with Crippen LogP contribution in [0.3, 0.4) is 0 Å². The first-order valence-electron chi connectivity index (χ1n) is 5.98. The summed E-state index contributed by atoms with van der Waals surface area (Å²) in [5.41, 5.74) is 3.08. The van der Waals surface area contributed by atoms with Crippen molar-refractivity contribution in [3.8, 4) is 5.82 Å². The Morgan fingerprint density at radius 3 is 2.61 bits per heavy atom. The van der Waals surface area contributed by atoms with Crippen LogP contribution in [0, 0.1) is 0 Å². The van der Waals surface area contributed by atoms with E-state index < -0.39 is 0 Å². The maximum absolute atomic E-state index is 6.01. The molecule has 0 aromatic carbocycles. The molecule has 0 bridgehead atoms. The molecule has 0 unspecified atom stereocenters. The topological polar surface area (TPSA) is 30.7 Å². The molecule has 0 atom stereocenters. The minimum Gasteiger partial charge on any atom is -0.236 e. The Hall–Kier alpha value is -1.06.